The monoisotopic (exact) mass is 381 g/mol. The largest absolute Gasteiger partial charge is 0.307 e. The summed E-state index contributed by atoms with van der Waals surface area (Å²) in [6.07, 6.45) is 1.61. The number of pyridine rings is 1. The lowest BCUT2D eigenvalue weighted by Gasteiger charge is -2.09. The average Bonchev–Trinajstić information content (AvgIpc) is 2.63. The van der Waals surface area contributed by atoms with Crippen LogP contribution < -0.4 is 10.0 Å². The van der Waals surface area contributed by atoms with E-state index < -0.39 is 10.0 Å². The van der Waals surface area contributed by atoms with Crippen LogP contribution in [0.3, 0.4) is 0 Å². The first-order valence-corrected chi connectivity index (χ1v) is 9.75. The maximum atomic E-state index is 12.5. The molecule has 1 amide bonds. The van der Waals surface area contributed by atoms with Crippen molar-refractivity contribution in [2.75, 3.05) is 10.0 Å². The standard InChI is InChI=1S/C20H19N3O3S/c1-14-3-7-17(8-4-14)23-27(25,26)18-9-5-16(6-10-18)20(24)22-19-13-15(2)11-12-21-19/h3-13,23H,1-2H3,(H,21,22,24). The molecule has 0 radical (unpaired) electrons. The van der Waals surface area contributed by atoms with E-state index in [1.54, 1.807) is 24.4 Å². The van der Waals surface area contributed by atoms with Crippen molar-refractivity contribution in [1.82, 2.24) is 4.98 Å². The number of carbonyl (C=O) groups is 1. The van der Waals surface area contributed by atoms with Crippen LogP contribution in [0.15, 0.2) is 71.8 Å². The van der Waals surface area contributed by atoms with Crippen molar-refractivity contribution >= 4 is 27.4 Å². The molecule has 0 aliphatic rings. The molecule has 0 saturated heterocycles. The van der Waals surface area contributed by atoms with Crippen molar-refractivity contribution in [3.8, 4) is 0 Å². The van der Waals surface area contributed by atoms with Crippen LogP contribution in [0.1, 0.15) is 21.5 Å². The molecule has 1 aromatic heterocycles. The number of rotatable bonds is 5. The van der Waals surface area contributed by atoms with Crippen LogP contribution in [0, 0.1) is 13.8 Å². The molecular formula is C20H19N3O3S. The Balaban J connectivity index is 1.73. The molecular weight excluding hydrogens is 362 g/mol. The van der Waals surface area contributed by atoms with E-state index in [-0.39, 0.29) is 10.8 Å². The van der Waals surface area contributed by atoms with Crippen LogP contribution in [-0.2, 0) is 10.0 Å². The lowest BCUT2D eigenvalue weighted by Crippen LogP contribution is -2.15. The maximum absolute atomic E-state index is 12.5. The molecule has 6 nitrogen and oxygen atoms in total. The zero-order valence-electron chi connectivity index (χ0n) is 14.9. The van der Waals surface area contributed by atoms with Crippen LogP contribution in [0.2, 0.25) is 0 Å². The molecule has 1 heterocycles. The van der Waals surface area contributed by atoms with Gasteiger partial charge in [-0.1, -0.05) is 17.7 Å². The molecule has 0 fully saturated rings. The van der Waals surface area contributed by atoms with Gasteiger partial charge in [-0.25, -0.2) is 13.4 Å². The van der Waals surface area contributed by atoms with Crippen molar-refractivity contribution in [1.29, 1.82) is 0 Å². The zero-order valence-corrected chi connectivity index (χ0v) is 15.7. The van der Waals surface area contributed by atoms with Gasteiger partial charge in [0, 0.05) is 17.4 Å². The van der Waals surface area contributed by atoms with Crippen molar-refractivity contribution in [2.24, 2.45) is 0 Å². The number of aromatic nitrogens is 1. The van der Waals surface area contributed by atoms with Crippen molar-refractivity contribution < 1.29 is 13.2 Å². The highest BCUT2D eigenvalue weighted by atomic mass is 32.2. The normalized spacial score (nSPS) is 11.0. The number of amides is 1. The van der Waals surface area contributed by atoms with Gasteiger partial charge in [0.15, 0.2) is 0 Å². The summed E-state index contributed by atoms with van der Waals surface area (Å²) in [5.41, 5.74) is 2.83. The van der Waals surface area contributed by atoms with Gasteiger partial charge in [-0.05, 0) is 67.9 Å². The topological polar surface area (TPSA) is 88.2 Å². The first-order valence-electron chi connectivity index (χ1n) is 8.27. The smallest absolute Gasteiger partial charge is 0.261 e. The Morgan fingerprint density at radius 2 is 1.56 bits per heavy atom. The van der Waals surface area contributed by atoms with E-state index >= 15 is 0 Å². The summed E-state index contributed by atoms with van der Waals surface area (Å²) in [5, 5.41) is 2.69. The highest BCUT2D eigenvalue weighted by Crippen LogP contribution is 2.18. The molecule has 3 rings (SSSR count). The van der Waals surface area contributed by atoms with Gasteiger partial charge in [-0.3, -0.25) is 9.52 Å². The number of hydrogen-bond donors (Lipinski definition) is 2. The minimum absolute atomic E-state index is 0.0771. The molecule has 2 aromatic carbocycles. The summed E-state index contributed by atoms with van der Waals surface area (Å²) >= 11 is 0. The molecule has 0 bridgehead atoms. The Morgan fingerprint density at radius 3 is 2.19 bits per heavy atom. The number of carbonyl (C=O) groups excluding carboxylic acids is 1. The number of anilines is 2. The quantitative estimate of drug-likeness (QED) is 0.704. The van der Waals surface area contributed by atoms with Gasteiger partial charge in [0.1, 0.15) is 5.82 Å². The van der Waals surface area contributed by atoms with E-state index in [1.165, 1.54) is 24.3 Å². The number of benzene rings is 2. The van der Waals surface area contributed by atoms with E-state index in [2.05, 4.69) is 15.0 Å². The average molecular weight is 381 g/mol. The van der Waals surface area contributed by atoms with E-state index in [0.717, 1.165) is 11.1 Å². The lowest BCUT2D eigenvalue weighted by molar-refractivity contribution is 0.102. The summed E-state index contributed by atoms with van der Waals surface area (Å²) in [4.78, 5) is 16.4. The Kier molecular flexibility index (Phi) is 5.23. The summed E-state index contributed by atoms with van der Waals surface area (Å²) in [6, 6.07) is 16.4. The maximum Gasteiger partial charge on any atom is 0.261 e. The second kappa shape index (κ2) is 7.59. The summed E-state index contributed by atoms with van der Waals surface area (Å²) < 4.78 is 27.5. The van der Waals surface area contributed by atoms with Gasteiger partial charge < -0.3 is 5.32 Å². The first-order chi connectivity index (χ1) is 12.8. The fourth-order valence-electron chi connectivity index (χ4n) is 2.41. The molecule has 138 valence electrons. The molecule has 3 aromatic rings. The van der Waals surface area contributed by atoms with Crippen LogP contribution in [0.5, 0.6) is 0 Å². The minimum Gasteiger partial charge on any atom is -0.307 e. The summed E-state index contributed by atoms with van der Waals surface area (Å²) in [6.45, 7) is 3.83. The van der Waals surface area contributed by atoms with E-state index in [0.29, 0.717) is 17.1 Å². The Hall–Kier alpha value is -3.19. The van der Waals surface area contributed by atoms with E-state index in [4.69, 9.17) is 0 Å². The third-order valence-electron chi connectivity index (χ3n) is 3.89. The van der Waals surface area contributed by atoms with Crippen molar-refractivity contribution in [3.63, 3.8) is 0 Å². The SMILES string of the molecule is Cc1ccc(NS(=O)(=O)c2ccc(C(=O)Nc3cc(C)ccn3)cc2)cc1. The van der Waals surface area contributed by atoms with Crippen molar-refractivity contribution in [3.05, 3.63) is 83.6 Å². The summed E-state index contributed by atoms with van der Waals surface area (Å²) in [5.74, 6) is 0.0845. The van der Waals surface area contributed by atoms with Gasteiger partial charge in [0.05, 0.1) is 4.90 Å². The van der Waals surface area contributed by atoms with E-state index in [9.17, 15) is 13.2 Å². The van der Waals surface area contributed by atoms with Crippen LogP contribution in [-0.4, -0.2) is 19.3 Å². The molecule has 0 spiro atoms. The van der Waals surface area contributed by atoms with Crippen LogP contribution >= 0.6 is 0 Å². The Morgan fingerprint density at radius 1 is 0.889 bits per heavy atom. The minimum atomic E-state index is -3.73. The van der Waals surface area contributed by atoms with Gasteiger partial charge in [-0.15, -0.1) is 0 Å². The second-order valence-corrected chi connectivity index (χ2v) is 7.85. The first kappa shape index (κ1) is 18.6. The van der Waals surface area contributed by atoms with Crippen LogP contribution in [0.25, 0.3) is 0 Å². The fraction of sp³-hybridized carbons (Fsp3) is 0.100. The van der Waals surface area contributed by atoms with Crippen LogP contribution in [0.4, 0.5) is 11.5 Å². The molecule has 2 N–H and O–H groups in total. The fourth-order valence-corrected chi connectivity index (χ4v) is 3.47. The highest BCUT2D eigenvalue weighted by molar-refractivity contribution is 7.92. The molecule has 0 unspecified atom stereocenters. The Bertz CT molecular complexity index is 1060. The van der Waals surface area contributed by atoms with Gasteiger partial charge in [-0.2, -0.15) is 0 Å². The number of nitrogens with zero attached hydrogens (tertiary/aromatic N) is 1. The molecule has 7 heteroatoms. The molecule has 0 aliphatic heterocycles. The second-order valence-electron chi connectivity index (χ2n) is 6.17. The third kappa shape index (κ3) is 4.71. The third-order valence-corrected chi connectivity index (χ3v) is 5.28. The summed E-state index contributed by atoms with van der Waals surface area (Å²) in [7, 11) is -3.73. The number of aryl methyl sites for hydroxylation is 2. The van der Waals surface area contributed by atoms with Gasteiger partial charge in [0.2, 0.25) is 0 Å². The number of sulfonamides is 1. The number of nitrogens with one attached hydrogen (secondary N) is 2. The molecule has 0 saturated carbocycles. The molecule has 0 aliphatic carbocycles. The molecule has 27 heavy (non-hydrogen) atoms. The van der Waals surface area contributed by atoms with E-state index in [1.807, 2.05) is 32.0 Å². The highest BCUT2D eigenvalue weighted by Gasteiger charge is 2.15. The zero-order chi connectivity index (χ0) is 19.4. The van der Waals surface area contributed by atoms with Gasteiger partial charge >= 0.3 is 0 Å². The predicted molar refractivity (Wildman–Crippen MR) is 105 cm³/mol. The predicted octanol–water partition coefficient (Wildman–Crippen LogP) is 3.75. The lowest BCUT2D eigenvalue weighted by atomic mass is 10.2. The Labute approximate surface area is 158 Å². The number of hydrogen-bond acceptors (Lipinski definition) is 4. The van der Waals surface area contributed by atoms with Crippen molar-refractivity contribution in [2.45, 2.75) is 18.7 Å². The molecule has 0 atom stereocenters. The van der Waals surface area contributed by atoms with Gasteiger partial charge in [0.25, 0.3) is 15.9 Å².